The molecule has 1 N–H and O–H groups in total. The number of nitrogens with zero attached hydrogens (tertiary/aromatic N) is 1. The molecule has 3 amide bonds. The molecular formula is C21H24N2O4. The van der Waals surface area contributed by atoms with Crippen molar-refractivity contribution in [1.29, 1.82) is 0 Å². The first kappa shape index (κ1) is 19.0. The smallest absolute Gasteiger partial charge is 0.261 e. The minimum atomic E-state index is -0.290. The van der Waals surface area contributed by atoms with E-state index in [0.29, 0.717) is 37.3 Å². The fourth-order valence-electron chi connectivity index (χ4n) is 3.32. The minimum Gasteiger partial charge on any atom is -0.382 e. The Kier molecular flexibility index (Phi) is 6.19. The van der Waals surface area contributed by atoms with Crippen LogP contribution < -0.4 is 5.32 Å². The van der Waals surface area contributed by atoms with Crippen LogP contribution in [0.1, 0.15) is 46.9 Å². The van der Waals surface area contributed by atoms with Crippen LogP contribution in [0.15, 0.2) is 36.4 Å². The summed E-state index contributed by atoms with van der Waals surface area (Å²) in [7, 11) is 0. The number of nitrogens with one attached hydrogen (secondary N) is 1. The Morgan fingerprint density at radius 2 is 1.70 bits per heavy atom. The van der Waals surface area contributed by atoms with E-state index in [4.69, 9.17) is 4.74 Å². The average molecular weight is 368 g/mol. The van der Waals surface area contributed by atoms with Crippen molar-refractivity contribution in [3.63, 3.8) is 0 Å². The lowest BCUT2D eigenvalue weighted by Crippen LogP contribution is -2.41. The van der Waals surface area contributed by atoms with E-state index >= 15 is 0 Å². The van der Waals surface area contributed by atoms with Crippen LogP contribution in [0.2, 0.25) is 0 Å². The van der Waals surface area contributed by atoms with Gasteiger partial charge < -0.3 is 10.1 Å². The summed E-state index contributed by atoms with van der Waals surface area (Å²) in [6.07, 6.45) is 1.48. The third kappa shape index (κ3) is 4.17. The maximum Gasteiger partial charge on any atom is 0.261 e. The Labute approximate surface area is 158 Å². The summed E-state index contributed by atoms with van der Waals surface area (Å²) in [4.78, 5) is 38.6. The second kappa shape index (κ2) is 8.77. The van der Waals surface area contributed by atoms with Crippen LogP contribution in [0.3, 0.4) is 0 Å². The molecule has 0 fully saturated rings. The van der Waals surface area contributed by atoms with E-state index in [0.717, 1.165) is 17.2 Å². The number of imide groups is 1. The molecule has 0 aromatic heterocycles. The topological polar surface area (TPSA) is 75.7 Å². The maximum atomic E-state index is 12.8. The molecule has 142 valence electrons. The molecule has 0 atom stereocenters. The fourth-order valence-corrected chi connectivity index (χ4v) is 3.32. The number of hydrogen-bond donors (Lipinski definition) is 1. The second-order valence-corrected chi connectivity index (χ2v) is 6.48. The number of carbonyl (C=O) groups is 3. The molecule has 1 aliphatic heterocycles. The number of rotatable bonds is 9. The van der Waals surface area contributed by atoms with Gasteiger partial charge in [0.25, 0.3) is 11.8 Å². The molecule has 0 radical (unpaired) electrons. The van der Waals surface area contributed by atoms with E-state index in [1.165, 1.54) is 4.90 Å². The highest BCUT2D eigenvalue weighted by molar-refractivity contribution is 6.25. The van der Waals surface area contributed by atoms with Crippen LogP contribution >= 0.6 is 0 Å². The van der Waals surface area contributed by atoms with E-state index in [-0.39, 0.29) is 30.7 Å². The van der Waals surface area contributed by atoms with Crippen LogP contribution in [0.4, 0.5) is 0 Å². The molecule has 3 rings (SSSR count). The number of amides is 3. The summed E-state index contributed by atoms with van der Waals surface area (Å²) in [5.74, 6) is -0.659. The molecule has 0 saturated heterocycles. The summed E-state index contributed by atoms with van der Waals surface area (Å²) >= 11 is 0. The highest BCUT2D eigenvalue weighted by atomic mass is 16.5. The summed E-state index contributed by atoms with van der Waals surface area (Å²) < 4.78 is 5.22. The molecule has 6 nitrogen and oxygen atoms in total. The van der Waals surface area contributed by atoms with Crippen LogP contribution in [0.25, 0.3) is 10.8 Å². The van der Waals surface area contributed by atoms with Crippen molar-refractivity contribution in [3.05, 3.63) is 47.5 Å². The Bertz CT molecular complexity index is 812. The first-order chi connectivity index (χ1) is 13.1. The lowest BCUT2D eigenvalue weighted by atomic mass is 9.94. The van der Waals surface area contributed by atoms with Gasteiger partial charge in [-0.05, 0) is 37.3 Å². The number of ether oxygens (including phenoxy) is 1. The quantitative estimate of drug-likeness (QED) is 0.545. The Morgan fingerprint density at radius 3 is 2.33 bits per heavy atom. The van der Waals surface area contributed by atoms with Crippen LogP contribution in [-0.4, -0.2) is 48.9 Å². The van der Waals surface area contributed by atoms with Gasteiger partial charge in [-0.1, -0.05) is 24.3 Å². The van der Waals surface area contributed by atoms with Crippen molar-refractivity contribution in [2.45, 2.75) is 26.2 Å². The molecule has 2 aromatic carbocycles. The summed E-state index contributed by atoms with van der Waals surface area (Å²) in [5.41, 5.74) is 1.09. The maximum absolute atomic E-state index is 12.8. The SMILES string of the molecule is CCOCCCNC(=O)CCCN1C(=O)c2cccc3cccc(c23)C1=O. The standard InChI is InChI=1S/C21H24N2O4/c1-2-27-14-6-12-22-18(24)11-5-13-23-20(25)16-9-3-7-15-8-4-10-17(19(15)16)21(23)26/h3-4,7-10H,2,5-6,11-14H2,1H3,(H,22,24). The normalized spacial score (nSPS) is 13.3. The highest BCUT2D eigenvalue weighted by Crippen LogP contribution is 2.29. The lowest BCUT2D eigenvalue weighted by Gasteiger charge is -2.27. The molecule has 0 saturated carbocycles. The Morgan fingerprint density at radius 1 is 1.04 bits per heavy atom. The van der Waals surface area contributed by atoms with E-state index in [1.54, 1.807) is 12.1 Å². The van der Waals surface area contributed by atoms with Gasteiger partial charge in [-0.2, -0.15) is 0 Å². The zero-order valence-electron chi connectivity index (χ0n) is 15.5. The van der Waals surface area contributed by atoms with Gasteiger partial charge in [0.05, 0.1) is 0 Å². The predicted octanol–water partition coefficient (Wildman–Crippen LogP) is 2.76. The third-order valence-corrected chi connectivity index (χ3v) is 4.63. The fraction of sp³-hybridized carbons (Fsp3) is 0.381. The first-order valence-corrected chi connectivity index (χ1v) is 9.36. The summed E-state index contributed by atoms with van der Waals surface area (Å²) in [5, 5.41) is 4.43. The van der Waals surface area contributed by atoms with Gasteiger partial charge in [-0.25, -0.2) is 0 Å². The van der Waals surface area contributed by atoms with Gasteiger partial charge in [-0.15, -0.1) is 0 Å². The van der Waals surface area contributed by atoms with E-state index in [1.807, 2.05) is 31.2 Å². The van der Waals surface area contributed by atoms with Crippen molar-refractivity contribution in [1.82, 2.24) is 10.2 Å². The van der Waals surface area contributed by atoms with E-state index in [9.17, 15) is 14.4 Å². The average Bonchev–Trinajstić information content (AvgIpc) is 2.68. The van der Waals surface area contributed by atoms with Crippen LogP contribution in [0.5, 0.6) is 0 Å². The molecule has 1 aliphatic rings. The molecule has 0 aliphatic carbocycles. The van der Waals surface area contributed by atoms with Gasteiger partial charge >= 0.3 is 0 Å². The number of carbonyl (C=O) groups excluding carboxylic acids is 3. The van der Waals surface area contributed by atoms with Gasteiger partial charge in [0.1, 0.15) is 0 Å². The second-order valence-electron chi connectivity index (χ2n) is 6.48. The molecule has 0 unspecified atom stereocenters. The zero-order valence-corrected chi connectivity index (χ0v) is 15.5. The summed E-state index contributed by atoms with van der Waals surface area (Å²) in [6, 6.07) is 10.9. The van der Waals surface area contributed by atoms with Crippen LogP contribution in [-0.2, 0) is 9.53 Å². The highest BCUT2D eigenvalue weighted by Gasteiger charge is 2.32. The molecular weight excluding hydrogens is 344 g/mol. The molecule has 27 heavy (non-hydrogen) atoms. The van der Waals surface area contributed by atoms with Crippen LogP contribution in [0, 0.1) is 0 Å². The number of hydrogen-bond acceptors (Lipinski definition) is 4. The van der Waals surface area contributed by atoms with Crippen molar-refractivity contribution < 1.29 is 19.1 Å². The van der Waals surface area contributed by atoms with Crippen molar-refractivity contribution in [3.8, 4) is 0 Å². The largest absolute Gasteiger partial charge is 0.382 e. The minimum absolute atomic E-state index is 0.0779. The van der Waals surface area contributed by atoms with E-state index in [2.05, 4.69) is 5.32 Å². The van der Waals surface area contributed by atoms with Crippen molar-refractivity contribution in [2.24, 2.45) is 0 Å². The van der Waals surface area contributed by atoms with Gasteiger partial charge in [0.2, 0.25) is 5.91 Å². The zero-order chi connectivity index (χ0) is 19.2. The Hall–Kier alpha value is -2.73. The number of benzene rings is 2. The van der Waals surface area contributed by atoms with Gasteiger partial charge in [0, 0.05) is 49.2 Å². The lowest BCUT2D eigenvalue weighted by molar-refractivity contribution is -0.121. The van der Waals surface area contributed by atoms with Crippen molar-refractivity contribution >= 4 is 28.5 Å². The third-order valence-electron chi connectivity index (χ3n) is 4.63. The van der Waals surface area contributed by atoms with Gasteiger partial charge in [-0.3, -0.25) is 19.3 Å². The molecule has 0 spiro atoms. The van der Waals surface area contributed by atoms with Crippen molar-refractivity contribution in [2.75, 3.05) is 26.3 Å². The Balaban J connectivity index is 1.57. The molecule has 0 bridgehead atoms. The van der Waals surface area contributed by atoms with Gasteiger partial charge in [0.15, 0.2) is 0 Å². The molecule has 2 aromatic rings. The van der Waals surface area contributed by atoms with E-state index < -0.39 is 0 Å². The monoisotopic (exact) mass is 368 g/mol. The first-order valence-electron chi connectivity index (χ1n) is 9.36. The predicted molar refractivity (Wildman–Crippen MR) is 103 cm³/mol. The summed E-state index contributed by atoms with van der Waals surface area (Å²) in [6.45, 7) is 4.02. The molecule has 6 heteroatoms. The molecule has 1 heterocycles.